The predicted octanol–water partition coefficient (Wildman–Crippen LogP) is 0.290. The van der Waals surface area contributed by atoms with Crippen molar-refractivity contribution in [2.75, 3.05) is 26.6 Å². The largest absolute Gasteiger partial charge is 0.355 e. The molecule has 1 unspecified atom stereocenters. The predicted molar refractivity (Wildman–Crippen MR) is 39.9 cm³/mol. The highest BCUT2D eigenvalue weighted by atomic mass is 16.7. The van der Waals surface area contributed by atoms with Crippen molar-refractivity contribution in [1.29, 1.82) is 0 Å². The minimum Gasteiger partial charge on any atom is -0.355 e. The lowest BCUT2D eigenvalue weighted by atomic mass is 10.2. The monoisotopic (exact) mass is 161 g/mol. The maximum Gasteiger partial charge on any atom is 0.147 e. The molecular formula is C7H15NO3. The highest BCUT2D eigenvalue weighted by Gasteiger charge is 2.12. The van der Waals surface area contributed by atoms with Crippen molar-refractivity contribution in [3.05, 3.63) is 0 Å². The molecule has 4 nitrogen and oxygen atoms in total. The quantitative estimate of drug-likeness (QED) is 0.475. The minimum atomic E-state index is 0.246. The molecule has 0 spiro atoms. The van der Waals surface area contributed by atoms with Gasteiger partial charge in [0.15, 0.2) is 0 Å². The lowest BCUT2D eigenvalue weighted by Gasteiger charge is -2.22. The number of ether oxygens (including phenoxy) is 2. The Hall–Kier alpha value is -0.160. The van der Waals surface area contributed by atoms with Crippen molar-refractivity contribution in [3.8, 4) is 0 Å². The second-order valence-electron chi connectivity index (χ2n) is 2.38. The van der Waals surface area contributed by atoms with E-state index >= 15 is 0 Å². The molecule has 0 aromatic carbocycles. The van der Waals surface area contributed by atoms with Crippen LogP contribution in [-0.4, -0.2) is 32.7 Å². The van der Waals surface area contributed by atoms with Gasteiger partial charge in [0, 0.05) is 6.54 Å². The molecule has 1 aliphatic heterocycles. The zero-order chi connectivity index (χ0) is 7.94. The van der Waals surface area contributed by atoms with E-state index in [0.717, 1.165) is 19.6 Å². The molecule has 0 amide bonds. The third-order valence-electron chi connectivity index (χ3n) is 1.53. The third kappa shape index (κ3) is 3.67. The summed E-state index contributed by atoms with van der Waals surface area (Å²) in [6.07, 6.45) is 1.19. The zero-order valence-corrected chi connectivity index (χ0v) is 6.84. The fourth-order valence-corrected chi connectivity index (χ4v) is 0.916. The van der Waals surface area contributed by atoms with Crippen LogP contribution in [0.4, 0.5) is 0 Å². The molecule has 1 saturated heterocycles. The van der Waals surface area contributed by atoms with Gasteiger partial charge >= 0.3 is 0 Å². The van der Waals surface area contributed by atoms with Gasteiger partial charge in [0.25, 0.3) is 0 Å². The lowest BCUT2D eigenvalue weighted by Crippen LogP contribution is -2.34. The smallest absolute Gasteiger partial charge is 0.147 e. The van der Waals surface area contributed by atoms with Gasteiger partial charge in [-0.25, -0.2) is 0 Å². The summed E-state index contributed by atoms with van der Waals surface area (Å²) in [5.41, 5.74) is 2.82. The Morgan fingerprint density at radius 1 is 1.64 bits per heavy atom. The topological polar surface area (TPSA) is 39.7 Å². The summed E-state index contributed by atoms with van der Waals surface area (Å²) < 4.78 is 10.3. The Morgan fingerprint density at radius 3 is 3.18 bits per heavy atom. The van der Waals surface area contributed by atoms with Crippen molar-refractivity contribution in [2.45, 2.75) is 19.4 Å². The van der Waals surface area contributed by atoms with Gasteiger partial charge in [-0.05, 0) is 13.3 Å². The van der Waals surface area contributed by atoms with Gasteiger partial charge in [0.1, 0.15) is 6.79 Å². The van der Waals surface area contributed by atoms with Crippen LogP contribution in [-0.2, 0) is 14.3 Å². The first-order valence-electron chi connectivity index (χ1n) is 3.97. The van der Waals surface area contributed by atoms with Crippen LogP contribution in [0.15, 0.2) is 0 Å². The van der Waals surface area contributed by atoms with Crippen molar-refractivity contribution in [3.63, 3.8) is 0 Å². The molecular weight excluding hydrogens is 146 g/mol. The lowest BCUT2D eigenvalue weighted by molar-refractivity contribution is -0.145. The Labute approximate surface area is 66.8 Å². The standard InChI is InChI=1S/C7H15NO3/c1-2-11-8-5-7-3-4-9-6-10-7/h7-8H,2-6H2,1H3. The van der Waals surface area contributed by atoms with E-state index in [1.54, 1.807) is 0 Å². The SMILES string of the molecule is CCONCC1CCOCO1. The van der Waals surface area contributed by atoms with Crippen LogP contribution in [0, 0.1) is 0 Å². The maximum atomic E-state index is 5.26. The Kier molecular flexibility index (Phi) is 4.45. The average Bonchev–Trinajstić information content (AvgIpc) is 2.07. The summed E-state index contributed by atoms with van der Waals surface area (Å²) in [6, 6.07) is 0. The van der Waals surface area contributed by atoms with Crippen LogP contribution < -0.4 is 5.48 Å². The first-order chi connectivity index (χ1) is 5.43. The summed E-state index contributed by atoms with van der Waals surface area (Å²) in [5, 5.41) is 0. The van der Waals surface area contributed by atoms with E-state index in [2.05, 4.69) is 5.48 Å². The van der Waals surface area contributed by atoms with Crippen LogP contribution in [0.1, 0.15) is 13.3 Å². The zero-order valence-electron chi connectivity index (χ0n) is 6.84. The van der Waals surface area contributed by atoms with Crippen molar-refractivity contribution >= 4 is 0 Å². The van der Waals surface area contributed by atoms with Crippen molar-refractivity contribution in [2.24, 2.45) is 0 Å². The van der Waals surface area contributed by atoms with E-state index in [9.17, 15) is 0 Å². The summed E-state index contributed by atoms with van der Waals surface area (Å²) in [5.74, 6) is 0. The molecule has 0 radical (unpaired) electrons. The second-order valence-corrected chi connectivity index (χ2v) is 2.38. The van der Waals surface area contributed by atoms with Crippen LogP contribution >= 0.6 is 0 Å². The number of hydrogen-bond acceptors (Lipinski definition) is 4. The molecule has 0 aromatic rings. The number of hydroxylamine groups is 1. The highest BCUT2D eigenvalue weighted by Crippen LogP contribution is 2.03. The molecule has 1 N–H and O–H groups in total. The average molecular weight is 161 g/mol. The normalized spacial score (nSPS) is 25.4. The molecule has 1 heterocycles. The van der Waals surface area contributed by atoms with Gasteiger partial charge < -0.3 is 14.3 Å². The molecule has 11 heavy (non-hydrogen) atoms. The fraction of sp³-hybridized carbons (Fsp3) is 1.00. The van der Waals surface area contributed by atoms with E-state index in [4.69, 9.17) is 14.3 Å². The first-order valence-corrected chi connectivity index (χ1v) is 3.97. The molecule has 4 heteroatoms. The Balaban J connectivity index is 1.96. The molecule has 1 rings (SSSR count). The van der Waals surface area contributed by atoms with Gasteiger partial charge in [-0.2, -0.15) is 5.48 Å². The van der Waals surface area contributed by atoms with Crippen LogP contribution in [0.5, 0.6) is 0 Å². The second kappa shape index (κ2) is 5.49. The molecule has 66 valence electrons. The number of rotatable bonds is 4. The summed E-state index contributed by atoms with van der Waals surface area (Å²) >= 11 is 0. The van der Waals surface area contributed by atoms with Gasteiger partial charge in [0.2, 0.25) is 0 Å². The van der Waals surface area contributed by atoms with Gasteiger partial charge in [-0.3, -0.25) is 0 Å². The fourth-order valence-electron chi connectivity index (χ4n) is 0.916. The van der Waals surface area contributed by atoms with E-state index < -0.39 is 0 Å². The third-order valence-corrected chi connectivity index (χ3v) is 1.53. The molecule has 0 saturated carbocycles. The maximum absolute atomic E-state index is 5.26. The van der Waals surface area contributed by atoms with E-state index in [1.807, 2.05) is 6.92 Å². The number of hydrogen-bond donors (Lipinski definition) is 1. The summed E-state index contributed by atoms with van der Waals surface area (Å²) in [4.78, 5) is 4.97. The van der Waals surface area contributed by atoms with E-state index in [0.29, 0.717) is 13.4 Å². The summed E-state index contributed by atoms with van der Waals surface area (Å²) in [7, 11) is 0. The van der Waals surface area contributed by atoms with Gasteiger partial charge in [-0.15, -0.1) is 0 Å². The van der Waals surface area contributed by atoms with Gasteiger partial charge in [0.05, 0.1) is 19.3 Å². The number of nitrogens with one attached hydrogen (secondary N) is 1. The Bertz CT molecular complexity index is 93.7. The summed E-state index contributed by atoms with van der Waals surface area (Å²) in [6.45, 7) is 4.58. The van der Waals surface area contributed by atoms with E-state index in [-0.39, 0.29) is 6.10 Å². The van der Waals surface area contributed by atoms with Gasteiger partial charge in [-0.1, -0.05) is 0 Å². The first kappa shape index (κ1) is 8.93. The molecule has 0 aliphatic carbocycles. The molecule has 0 bridgehead atoms. The van der Waals surface area contributed by atoms with Crippen LogP contribution in [0.3, 0.4) is 0 Å². The highest BCUT2D eigenvalue weighted by molar-refractivity contribution is 4.60. The van der Waals surface area contributed by atoms with Crippen LogP contribution in [0.2, 0.25) is 0 Å². The Morgan fingerprint density at radius 2 is 2.55 bits per heavy atom. The van der Waals surface area contributed by atoms with Crippen LogP contribution in [0.25, 0.3) is 0 Å². The van der Waals surface area contributed by atoms with E-state index in [1.165, 1.54) is 0 Å². The minimum absolute atomic E-state index is 0.246. The molecule has 1 fully saturated rings. The molecule has 0 aromatic heterocycles. The molecule has 1 atom stereocenters. The van der Waals surface area contributed by atoms with Crippen molar-refractivity contribution in [1.82, 2.24) is 5.48 Å². The van der Waals surface area contributed by atoms with Crippen molar-refractivity contribution < 1.29 is 14.3 Å². The molecule has 1 aliphatic rings.